The molecule has 0 radical (unpaired) electrons. The first kappa shape index (κ1) is 7.83. The summed E-state index contributed by atoms with van der Waals surface area (Å²) in [6.07, 6.45) is 3.83. The lowest BCUT2D eigenvalue weighted by atomic mass is 10.1. The molecule has 1 aliphatic rings. The van der Waals surface area contributed by atoms with Crippen LogP contribution in [0.5, 0.6) is 0 Å². The SMILES string of the molecule is c1ccc([C@@H]2O[C@H]2c2ccoc2)cc1. The highest BCUT2D eigenvalue weighted by Crippen LogP contribution is 2.50. The Labute approximate surface area is 82.1 Å². The normalized spacial score (nSPS) is 24.9. The molecule has 70 valence electrons. The van der Waals surface area contributed by atoms with E-state index in [4.69, 9.17) is 9.15 Å². The molecule has 1 aliphatic heterocycles. The van der Waals surface area contributed by atoms with Gasteiger partial charge in [-0.25, -0.2) is 0 Å². The molecule has 3 rings (SSSR count). The summed E-state index contributed by atoms with van der Waals surface area (Å²) in [5.74, 6) is 0. The molecular formula is C12H10O2. The second kappa shape index (κ2) is 3.00. The maximum Gasteiger partial charge on any atom is 0.117 e. The molecule has 2 heteroatoms. The third kappa shape index (κ3) is 1.24. The van der Waals surface area contributed by atoms with Crippen molar-refractivity contribution in [1.82, 2.24) is 0 Å². The maximum absolute atomic E-state index is 5.59. The van der Waals surface area contributed by atoms with Gasteiger partial charge in [0.1, 0.15) is 12.2 Å². The molecule has 2 nitrogen and oxygen atoms in total. The Hall–Kier alpha value is -1.54. The highest BCUT2D eigenvalue weighted by Gasteiger charge is 2.41. The Morgan fingerprint density at radius 1 is 0.857 bits per heavy atom. The van der Waals surface area contributed by atoms with Gasteiger partial charge in [0, 0.05) is 5.56 Å². The second-order valence-electron chi connectivity index (χ2n) is 3.44. The van der Waals surface area contributed by atoms with Gasteiger partial charge in [0.15, 0.2) is 0 Å². The van der Waals surface area contributed by atoms with Gasteiger partial charge in [-0.05, 0) is 11.6 Å². The summed E-state index contributed by atoms with van der Waals surface area (Å²) in [6, 6.07) is 12.2. The first-order valence-corrected chi connectivity index (χ1v) is 4.67. The highest BCUT2D eigenvalue weighted by molar-refractivity contribution is 5.27. The summed E-state index contributed by atoms with van der Waals surface area (Å²) >= 11 is 0. The summed E-state index contributed by atoms with van der Waals surface area (Å²) in [5, 5.41) is 0. The molecule has 14 heavy (non-hydrogen) atoms. The second-order valence-corrected chi connectivity index (χ2v) is 3.44. The van der Waals surface area contributed by atoms with E-state index in [0.29, 0.717) is 0 Å². The molecule has 0 unspecified atom stereocenters. The van der Waals surface area contributed by atoms with Crippen LogP contribution in [0.2, 0.25) is 0 Å². The molecule has 0 N–H and O–H groups in total. The monoisotopic (exact) mass is 186 g/mol. The quantitative estimate of drug-likeness (QED) is 0.673. The van der Waals surface area contributed by atoms with E-state index in [0.717, 1.165) is 5.56 Å². The van der Waals surface area contributed by atoms with Crippen LogP contribution in [0.25, 0.3) is 0 Å². The van der Waals surface area contributed by atoms with E-state index in [-0.39, 0.29) is 12.2 Å². The zero-order valence-electron chi connectivity index (χ0n) is 7.59. The van der Waals surface area contributed by atoms with Gasteiger partial charge in [0.25, 0.3) is 0 Å². The van der Waals surface area contributed by atoms with Crippen LogP contribution in [0.1, 0.15) is 23.3 Å². The van der Waals surface area contributed by atoms with Crippen LogP contribution in [-0.4, -0.2) is 0 Å². The van der Waals surface area contributed by atoms with E-state index in [9.17, 15) is 0 Å². The Bertz CT molecular complexity index is 405. The van der Waals surface area contributed by atoms with Crippen LogP contribution < -0.4 is 0 Å². The van der Waals surface area contributed by atoms with Crippen molar-refractivity contribution in [2.45, 2.75) is 12.2 Å². The number of hydrogen-bond donors (Lipinski definition) is 0. The van der Waals surface area contributed by atoms with Gasteiger partial charge in [-0.1, -0.05) is 30.3 Å². The van der Waals surface area contributed by atoms with Gasteiger partial charge >= 0.3 is 0 Å². The number of rotatable bonds is 2. The van der Waals surface area contributed by atoms with Crippen molar-refractivity contribution in [1.29, 1.82) is 0 Å². The average Bonchev–Trinajstić information content (AvgIpc) is 2.87. The summed E-state index contributed by atoms with van der Waals surface area (Å²) < 4.78 is 10.6. The molecular weight excluding hydrogens is 176 g/mol. The fourth-order valence-corrected chi connectivity index (χ4v) is 1.70. The van der Waals surface area contributed by atoms with Crippen LogP contribution in [0.3, 0.4) is 0 Å². The minimum Gasteiger partial charge on any atom is -0.472 e. The third-order valence-corrected chi connectivity index (χ3v) is 2.49. The molecule has 2 aromatic rings. The molecule has 1 aromatic heterocycles. The maximum atomic E-state index is 5.59. The number of epoxide rings is 1. The third-order valence-electron chi connectivity index (χ3n) is 2.49. The number of benzene rings is 1. The number of furan rings is 1. The van der Waals surface area contributed by atoms with Crippen molar-refractivity contribution in [3.05, 3.63) is 60.1 Å². The lowest BCUT2D eigenvalue weighted by Crippen LogP contribution is -1.80. The zero-order chi connectivity index (χ0) is 9.38. The standard InChI is InChI=1S/C12H10O2/c1-2-4-9(5-3-1)11-12(14-11)10-6-7-13-8-10/h1-8,11-12H/t11-,12-/m0/s1. The van der Waals surface area contributed by atoms with Crippen molar-refractivity contribution in [2.24, 2.45) is 0 Å². The molecule has 2 heterocycles. The van der Waals surface area contributed by atoms with E-state index < -0.39 is 0 Å². The molecule has 2 atom stereocenters. The first-order chi connectivity index (χ1) is 6.95. The average molecular weight is 186 g/mol. The van der Waals surface area contributed by atoms with Crippen LogP contribution >= 0.6 is 0 Å². The predicted octanol–water partition coefficient (Wildman–Crippen LogP) is 3.09. The first-order valence-electron chi connectivity index (χ1n) is 4.67. The van der Waals surface area contributed by atoms with E-state index in [1.54, 1.807) is 12.5 Å². The number of hydrogen-bond acceptors (Lipinski definition) is 2. The van der Waals surface area contributed by atoms with E-state index in [2.05, 4.69) is 12.1 Å². The Morgan fingerprint density at radius 3 is 2.36 bits per heavy atom. The fraction of sp³-hybridized carbons (Fsp3) is 0.167. The topological polar surface area (TPSA) is 25.7 Å². The van der Waals surface area contributed by atoms with E-state index in [1.807, 2.05) is 24.3 Å². The molecule has 1 fully saturated rings. The van der Waals surface area contributed by atoms with Crippen LogP contribution in [0, 0.1) is 0 Å². The fourth-order valence-electron chi connectivity index (χ4n) is 1.70. The van der Waals surface area contributed by atoms with Gasteiger partial charge < -0.3 is 9.15 Å². The van der Waals surface area contributed by atoms with Crippen LogP contribution in [-0.2, 0) is 4.74 Å². The molecule has 0 saturated carbocycles. The van der Waals surface area contributed by atoms with Crippen molar-refractivity contribution in [2.75, 3.05) is 0 Å². The van der Waals surface area contributed by atoms with Crippen LogP contribution in [0.15, 0.2) is 53.3 Å². The van der Waals surface area contributed by atoms with E-state index in [1.165, 1.54) is 5.56 Å². The van der Waals surface area contributed by atoms with Gasteiger partial charge in [0.2, 0.25) is 0 Å². The van der Waals surface area contributed by atoms with Gasteiger partial charge in [-0.3, -0.25) is 0 Å². The molecule has 1 aromatic carbocycles. The lowest BCUT2D eigenvalue weighted by molar-refractivity contribution is 0.376. The Morgan fingerprint density at radius 2 is 1.64 bits per heavy atom. The molecule has 0 bridgehead atoms. The zero-order valence-corrected chi connectivity index (χ0v) is 7.59. The summed E-state index contributed by atoms with van der Waals surface area (Å²) in [4.78, 5) is 0. The Balaban J connectivity index is 1.81. The summed E-state index contributed by atoms with van der Waals surface area (Å²) in [6.45, 7) is 0. The minimum atomic E-state index is 0.191. The van der Waals surface area contributed by atoms with Crippen molar-refractivity contribution >= 4 is 0 Å². The molecule has 0 aliphatic carbocycles. The summed E-state index contributed by atoms with van der Waals surface area (Å²) in [5.41, 5.74) is 2.36. The van der Waals surface area contributed by atoms with E-state index >= 15 is 0 Å². The lowest BCUT2D eigenvalue weighted by Gasteiger charge is -1.92. The van der Waals surface area contributed by atoms with Crippen molar-refractivity contribution < 1.29 is 9.15 Å². The minimum absolute atomic E-state index is 0.191. The van der Waals surface area contributed by atoms with Gasteiger partial charge in [0.05, 0.1) is 12.5 Å². The number of ether oxygens (including phenoxy) is 1. The predicted molar refractivity (Wildman–Crippen MR) is 51.7 cm³/mol. The molecule has 0 spiro atoms. The Kier molecular flexibility index (Phi) is 1.67. The van der Waals surface area contributed by atoms with Gasteiger partial charge in [-0.15, -0.1) is 0 Å². The smallest absolute Gasteiger partial charge is 0.117 e. The van der Waals surface area contributed by atoms with Gasteiger partial charge in [-0.2, -0.15) is 0 Å². The highest BCUT2D eigenvalue weighted by atomic mass is 16.6. The summed E-state index contributed by atoms with van der Waals surface area (Å²) in [7, 11) is 0. The molecule has 0 amide bonds. The van der Waals surface area contributed by atoms with Crippen LogP contribution in [0.4, 0.5) is 0 Å². The van der Waals surface area contributed by atoms with Crippen molar-refractivity contribution in [3.63, 3.8) is 0 Å². The van der Waals surface area contributed by atoms with Crippen molar-refractivity contribution in [3.8, 4) is 0 Å². The molecule has 1 saturated heterocycles. The largest absolute Gasteiger partial charge is 0.472 e.